The topological polar surface area (TPSA) is 39.2 Å². The third kappa shape index (κ3) is 2.55. The fourth-order valence-corrected chi connectivity index (χ4v) is 1.14. The zero-order valence-electron chi connectivity index (χ0n) is 8.83. The number of aryl methyl sites for hydroxylation is 2. The highest BCUT2D eigenvalue weighted by Gasteiger charge is 2.07. The Hall–Kier alpha value is -1.38. The number of aromatic nitrogens is 1. The van der Waals surface area contributed by atoms with Crippen LogP contribution in [-0.2, 0) is 11.2 Å². The third-order valence-electron chi connectivity index (χ3n) is 1.92. The van der Waals surface area contributed by atoms with Gasteiger partial charge in [-0.15, -0.1) is 0 Å². The molecule has 0 atom stereocenters. The molecule has 0 fully saturated rings. The molecule has 1 aromatic heterocycles. The van der Waals surface area contributed by atoms with Crippen molar-refractivity contribution < 1.29 is 9.53 Å². The van der Waals surface area contributed by atoms with Crippen molar-refractivity contribution >= 4 is 5.97 Å². The zero-order chi connectivity index (χ0) is 10.6. The normalized spacial score (nSPS) is 9.93. The van der Waals surface area contributed by atoms with E-state index in [9.17, 15) is 4.79 Å². The molecule has 0 amide bonds. The summed E-state index contributed by atoms with van der Waals surface area (Å²) >= 11 is 0. The van der Waals surface area contributed by atoms with Crippen LogP contribution in [0.4, 0.5) is 0 Å². The number of hydrogen-bond acceptors (Lipinski definition) is 3. The van der Waals surface area contributed by atoms with Crippen LogP contribution in [0.3, 0.4) is 0 Å². The first-order valence-electron chi connectivity index (χ1n) is 4.84. The second-order valence-electron chi connectivity index (χ2n) is 3.08. The van der Waals surface area contributed by atoms with Crippen molar-refractivity contribution in [3.63, 3.8) is 0 Å². The predicted molar refractivity (Wildman–Crippen MR) is 54.3 cm³/mol. The minimum atomic E-state index is -0.217. The Labute approximate surface area is 84.1 Å². The van der Waals surface area contributed by atoms with Gasteiger partial charge in [-0.1, -0.05) is 13.8 Å². The molecular weight excluding hydrogens is 178 g/mol. The Morgan fingerprint density at radius 1 is 1.43 bits per heavy atom. The number of pyridine rings is 1. The summed E-state index contributed by atoms with van der Waals surface area (Å²) in [6, 6.07) is 3.64. The van der Waals surface area contributed by atoms with E-state index in [1.54, 1.807) is 13.0 Å². The average molecular weight is 193 g/mol. The van der Waals surface area contributed by atoms with E-state index in [0.717, 1.165) is 17.8 Å². The van der Waals surface area contributed by atoms with Crippen LogP contribution < -0.4 is 4.74 Å². The summed E-state index contributed by atoms with van der Waals surface area (Å²) in [7, 11) is 0. The van der Waals surface area contributed by atoms with Gasteiger partial charge in [0.05, 0.1) is 5.69 Å². The highest BCUT2D eigenvalue weighted by atomic mass is 16.5. The second kappa shape index (κ2) is 4.74. The van der Waals surface area contributed by atoms with E-state index < -0.39 is 0 Å². The van der Waals surface area contributed by atoms with E-state index in [4.69, 9.17) is 4.74 Å². The van der Waals surface area contributed by atoms with Gasteiger partial charge in [0.25, 0.3) is 0 Å². The van der Waals surface area contributed by atoms with Crippen molar-refractivity contribution in [2.24, 2.45) is 0 Å². The van der Waals surface area contributed by atoms with Gasteiger partial charge in [-0.3, -0.25) is 9.78 Å². The lowest BCUT2D eigenvalue weighted by Gasteiger charge is -2.07. The lowest BCUT2D eigenvalue weighted by Crippen LogP contribution is -2.08. The van der Waals surface area contributed by atoms with Crippen molar-refractivity contribution in [3.8, 4) is 5.75 Å². The van der Waals surface area contributed by atoms with Crippen molar-refractivity contribution in [2.45, 2.75) is 33.6 Å². The van der Waals surface area contributed by atoms with Crippen LogP contribution in [0, 0.1) is 6.92 Å². The SMILES string of the molecule is CCC(=O)Oc1ccc(C)nc1CC. The molecule has 0 radical (unpaired) electrons. The number of carbonyl (C=O) groups excluding carboxylic acids is 1. The van der Waals surface area contributed by atoms with Gasteiger partial charge in [0.1, 0.15) is 0 Å². The van der Waals surface area contributed by atoms with Crippen LogP contribution in [-0.4, -0.2) is 11.0 Å². The van der Waals surface area contributed by atoms with E-state index in [2.05, 4.69) is 4.98 Å². The van der Waals surface area contributed by atoms with Crippen molar-refractivity contribution in [1.82, 2.24) is 4.98 Å². The summed E-state index contributed by atoms with van der Waals surface area (Å²) in [5.74, 6) is 0.371. The Kier molecular flexibility index (Phi) is 3.63. The maximum atomic E-state index is 11.1. The van der Waals surface area contributed by atoms with E-state index >= 15 is 0 Å². The van der Waals surface area contributed by atoms with Crippen molar-refractivity contribution in [1.29, 1.82) is 0 Å². The number of esters is 1. The second-order valence-corrected chi connectivity index (χ2v) is 3.08. The van der Waals surface area contributed by atoms with E-state index in [1.807, 2.05) is 19.9 Å². The van der Waals surface area contributed by atoms with Gasteiger partial charge >= 0.3 is 5.97 Å². The Morgan fingerprint density at radius 2 is 2.14 bits per heavy atom. The standard InChI is InChI=1S/C11H15NO2/c1-4-9-10(14-11(13)5-2)7-6-8(3)12-9/h6-7H,4-5H2,1-3H3. The van der Waals surface area contributed by atoms with Crippen LogP contribution in [0.1, 0.15) is 31.7 Å². The molecule has 76 valence electrons. The first kappa shape index (κ1) is 10.7. The molecule has 0 aliphatic heterocycles. The van der Waals surface area contributed by atoms with Gasteiger partial charge < -0.3 is 4.74 Å². The van der Waals surface area contributed by atoms with Gasteiger partial charge in [-0.25, -0.2) is 0 Å². The predicted octanol–water partition coefficient (Wildman–Crippen LogP) is 2.27. The maximum absolute atomic E-state index is 11.1. The summed E-state index contributed by atoms with van der Waals surface area (Å²) in [5, 5.41) is 0. The van der Waals surface area contributed by atoms with Crippen LogP contribution in [0.25, 0.3) is 0 Å². The Balaban J connectivity index is 2.90. The summed E-state index contributed by atoms with van der Waals surface area (Å²) < 4.78 is 5.14. The van der Waals surface area contributed by atoms with Crippen LogP contribution in [0.2, 0.25) is 0 Å². The van der Waals surface area contributed by atoms with Crippen LogP contribution in [0.15, 0.2) is 12.1 Å². The fourth-order valence-electron chi connectivity index (χ4n) is 1.14. The minimum Gasteiger partial charge on any atom is -0.425 e. The summed E-state index contributed by atoms with van der Waals surface area (Å²) in [4.78, 5) is 15.4. The number of nitrogens with zero attached hydrogens (tertiary/aromatic N) is 1. The molecule has 0 spiro atoms. The average Bonchev–Trinajstić information content (AvgIpc) is 2.20. The molecule has 0 bridgehead atoms. The smallest absolute Gasteiger partial charge is 0.310 e. The summed E-state index contributed by atoms with van der Waals surface area (Å²) in [6.07, 6.45) is 1.16. The Bertz CT molecular complexity index is 334. The maximum Gasteiger partial charge on any atom is 0.310 e. The van der Waals surface area contributed by atoms with Gasteiger partial charge in [-0.2, -0.15) is 0 Å². The molecule has 14 heavy (non-hydrogen) atoms. The molecule has 0 aliphatic rings. The lowest BCUT2D eigenvalue weighted by molar-refractivity contribution is -0.134. The summed E-state index contributed by atoms with van der Waals surface area (Å²) in [5.41, 5.74) is 1.78. The number of carbonyl (C=O) groups is 1. The number of hydrogen-bond donors (Lipinski definition) is 0. The van der Waals surface area contributed by atoms with Gasteiger partial charge in [-0.05, 0) is 25.5 Å². The van der Waals surface area contributed by atoms with Gasteiger partial charge in [0.15, 0.2) is 5.75 Å². The molecule has 3 heteroatoms. The van der Waals surface area contributed by atoms with E-state index in [1.165, 1.54) is 0 Å². The molecule has 0 saturated carbocycles. The molecule has 1 aromatic rings. The highest BCUT2D eigenvalue weighted by Crippen LogP contribution is 2.17. The first-order chi connectivity index (χ1) is 6.67. The Morgan fingerprint density at radius 3 is 2.71 bits per heavy atom. The van der Waals surface area contributed by atoms with Gasteiger partial charge in [0.2, 0.25) is 0 Å². The molecule has 0 unspecified atom stereocenters. The zero-order valence-corrected chi connectivity index (χ0v) is 8.83. The quantitative estimate of drug-likeness (QED) is 0.691. The number of rotatable bonds is 3. The molecular formula is C11H15NO2. The molecule has 0 N–H and O–H groups in total. The minimum absolute atomic E-state index is 0.217. The third-order valence-corrected chi connectivity index (χ3v) is 1.92. The lowest BCUT2D eigenvalue weighted by atomic mass is 10.2. The van der Waals surface area contributed by atoms with Crippen LogP contribution >= 0.6 is 0 Å². The first-order valence-corrected chi connectivity index (χ1v) is 4.84. The van der Waals surface area contributed by atoms with Crippen LogP contribution in [0.5, 0.6) is 5.75 Å². The number of ether oxygens (including phenoxy) is 1. The van der Waals surface area contributed by atoms with Crippen molar-refractivity contribution in [3.05, 3.63) is 23.5 Å². The van der Waals surface area contributed by atoms with E-state index in [0.29, 0.717) is 12.2 Å². The summed E-state index contributed by atoms with van der Waals surface area (Å²) in [6.45, 7) is 5.69. The highest BCUT2D eigenvalue weighted by molar-refractivity contribution is 5.72. The molecule has 1 rings (SSSR count). The van der Waals surface area contributed by atoms with Gasteiger partial charge in [0, 0.05) is 12.1 Å². The molecule has 0 saturated heterocycles. The molecule has 1 heterocycles. The molecule has 0 aromatic carbocycles. The molecule has 0 aliphatic carbocycles. The largest absolute Gasteiger partial charge is 0.425 e. The fraction of sp³-hybridized carbons (Fsp3) is 0.455. The van der Waals surface area contributed by atoms with E-state index in [-0.39, 0.29) is 5.97 Å². The molecule has 3 nitrogen and oxygen atoms in total. The van der Waals surface area contributed by atoms with Crippen molar-refractivity contribution in [2.75, 3.05) is 0 Å². The monoisotopic (exact) mass is 193 g/mol.